The maximum absolute atomic E-state index is 10.5. The van der Waals surface area contributed by atoms with Gasteiger partial charge in [0.2, 0.25) is 0 Å². The van der Waals surface area contributed by atoms with Gasteiger partial charge in [0.1, 0.15) is 11.5 Å². The maximum atomic E-state index is 10.5. The lowest BCUT2D eigenvalue weighted by Gasteiger charge is -2.22. The first-order chi connectivity index (χ1) is 9.67. The first kappa shape index (κ1) is 14.6. The minimum Gasteiger partial charge on any atom is -0.494 e. The molecule has 0 saturated carbocycles. The molecule has 0 aliphatic carbocycles. The summed E-state index contributed by atoms with van der Waals surface area (Å²) < 4.78 is 10.7. The highest BCUT2D eigenvalue weighted by atomic mass is 16.5. The van der Waals surface area contributed by atoms with Gasteiger partial charge in [-0.2, -0.15) is 0 Å². The number of aliphatic hydroxyl groups excluding tert-OH is 1. The van der Waals surface area contributed by atoms with E-state index in [-0.39, 0.29) is 5.92 Å². The smallest absolute Gasteiger partial charge is 0.119 e. The van der Waals surface area contributed by atoms with Crippen LogP contribution in [0.1, 0.15) is 35.8 Å². The molecule has 1 aromatic heterocycles. The van der Waals surface area contributed by atoms with Crippen molar-refractivity contribution in [3.8, 4) is 5.75 Å². The average Bonchev–Trinajstić information content (AvgIpc) is 2.88. The van der Waals surface area contributed by atoms with E-state index in [0.717, 1.165) is 22.6 Å². The predicted molar refractivity (Wildman–Crippen MR) is 77.8 cm³/mol. The molecule has 0 fully saturated rings. The number of hydrogen-bond donors (Lipinski definition) is 2. The van der Waals surface area contributed by atoms with E-state index in [4.69, 9.17) is 14.9 Å². The third-order valence-electron chi connectivity index (χ3n) is 3.47. The lowest BCUT2D eigenvalue weighted by molar-refractivity contribution is 0.145. The largest absolute Gasteiger partial charge is 0.494 e. The molecule has 0 spiro atoms. The molecule has 0 aliphatic rings. The highest BCUT2D eigenvalue weighted by Crippen LogP contribution is 2.33. The van der Waals surface area contributed by atoms with Crippen LogP contribution < -0.4 is 10.5 Å². The summed E-state index contributed by atoms with van der Waals surface area (Å²) >= 11 is 0. The van der Waals surface area contributed by atoms with Crippen LogP contribution in [0.5, 0.6) is 5.75 Å². The van der Waals surface area contributed by atoms with Crippen LogP contribution in [-0.4, -0.2) is 18.3 Å². The topological polar surface area (TPSA) is 68.6 Å². The molecule has 4 heteroatoms. The van der Waals surface area contributed by atoms with Gasteiger partial charge in [-0.25, -0.2) is 0 Å². The second kappa shape index (κ2) is 6.59. The molecule has 0 bridgehead atoms. The number of benzene rings is 1. The molecule has 0 aliphatic heterocycles. The summed E-state index contributed by atoms with van der Waals surface area (Å²) in [5, 5.41) is 10.5. The Labute approximate surface area is 119 Å². The fourth-order valence-corrected chi connectivity index (χ4v) is 2.34. The van der Waals surface area contributed by atoms with E-state index in [1.54, 1.807) is 12.3 Å². The van der Waals surface area contributed by atoms with Crippen LogP contribution >= 0.6 is 0 Å². The summed E-state index contributed by atoms with van der Waals surface area (Å²) in [4.78, 5) is 0. The van der Waals surface area contributed by atoms with Gasteiger partial charge in [-0.05, 0) is 37.6 Å². The Morgan fingerprint density at radius 2 is 1.95 bits per heavy atom. The lowest BCUT2D eigenvalue weighted by atomic mass is 9.89. The molecule has 0 radical (unpaired) electrons. The number of nitrogens with two attached hydrogens (primary N) is 1. The first-order valence-electron chi connectivity index (χ1n) is 6.82. The molecule has 2 rings (SSSR count). The Balaban J connectivity index is 2.21. The summed E-state index contributed by atoms with van der Waals surface area (Å²) in [6.07, 6.45) is 0.913. The van der Waals surface area contributed by atoms with Gasteiger partial charge in [0.25, 0.3) is 0 Å². The zero-order valence-corrected chi connectivity index (χ0v) is 11.9. The van der Waals surface area contributed by atoms with E-state index in [9.17, 15) is 5.11 Å². The van der Waals surface area contributed by atoms with Gasteiger partial charge in [-0.1, -0.05) is 12.1 Å². The van der Waals surface area contributed by atoms with E-state index >= 15 is 0 Å². The van der Waals surface area contributed by atoms with Crippen molar-refractivity contribution >= 4 is 0 Å². The van der Waals surface area contributed by atoms with Crippen LogP contribution in [-0.2, 0) is 0 Å². The van der Waals surface area contributed by atoms with Crippen LogP contribution in [0, 0.1) is 6.92 Å². The second-order valence-electron chi connectivity index (χ2n) is 4.72. The van der Waals surface area contributed by atoms with Crippen molar-refractivity contribution < 1.29 is 14.3 Å². The van der Waals surface area contributed by atoms with Gasteiger partial charge in [0.05, 0.1) is 19.0 Å². The molecule has 0 amide bonds. The van der Waals surface area contributed by atoms with Crippen LogP contribution in [0.3, 0.4) is 0 Å². The van der Waals surface area contributed by atoms with Gasteiger partial charge in [0, 0.05) is 18.0 Å². The summed E-state index contributed by atoms with van der Waals surface area (Å²) in [5.41, 5.74) is 7.61. The maximum Gasteiger partial charge on any atom is 0.119 e. The van der Waals surface area contributed by atoms with Crippen molar-refractivity contribution in [3.63, 3.8) is 0 Å². The van der Waals surface area contributed by atoms with Crippen molar-refractivity contribution in [1.82, 2.24) is 0 Å². The summed E-state index contributed by atoms with van der Waals surface area (Å²) in [6.45, 7) is 4.78. The molecule has 3 N–H and O–H groups in total. The predicted octanol–water partition coefficient (Wildman–Crippen LogP) is 2.76. The molecule has 1 aromatic carbocycles. The fraction of sp³-hybridized carbons (Fsp3) is 0.375. The zero-order chi connectivity index (χ0) is 14.5. The Bertz CT molecular complexity index is 533. The zero-order valence-electron chi connectivity index (χ0n) is 11.9. The quantitative estimate of drug-likeness (QED) is 0.850. The van der Waals surface area contributed by atoms with E-state index in [2.05, 4.69) is 0 Å². The van der Waals surface area contributed by atoms with Gasteiger partial charge in [0.15, 0.2) is 0 Å². The lowest BCUT2D eigenvalue weighted by Crippen LogP contribution is -2.20. The molecular weight excluding hydrogens is 254 g/mol. The van der Waals surface area contributed by atoms with E-state index in [1.807, 2.05) is 38.1 Å². The molecule has 2 atom stereocenters. The highest BCUT2D eigenvalue weighted by molar-refractivity contribution is 5.32. The number of hydrogen-bond acceptors (Lipinski definition) is 4. The van der Waals surface area contributed by atoms with Crippen molar-refractivity contribution in [3.05, 3.63) is 53.5 Å². The Morgan fingerprint density at radius 1 is 1.25 bits per heavy atom. The van der Waals surface area contributed by atoms with Crippen molar-refractivity contribution in [2.24, 2.45) is 5.73 Å². The summed E-state index contributed by atoms with van der Waals surface area (Å²) in [5.74, 6) is 1.38. The highest BCUT2D eigenvalue weighted by Gasteiger charge is 2.24. The van der Waals surface area contributed by atoms with E-state index in [1.165, 1.54) is 0 Å². The molecule has 0 saturated heterocycles. The van der Waals surface area contributed by atoms with E-state index < -0.39 is 6.10 Å². The van der Waals surface area contributed by atoms with Crippen LogP contribution in [0.4, 0.5) is 0 Å². The molecule has 2 unspecified atom stereocenters. The molecule has 4 nitrogen and oxygen atoms in total. The van der Waals surface area contributed by atoms with Crippen LogP contribution in [0.25, 0.3) is 0 Å². The number of aryl methyl sites for hydroxylation is 1. The monoisotopic (exact) mass is 275 g/mol. The van der Waals surface area contributed by atoms with Crippen molar-refractivity contribution in [1.29, 1.82) is 0 Å². The normalized spacial score (nSPS) is 14.0. The SMILES string of the molecule is CCOc1ccc(C(CN)C(O)c2ccoc2C)cc1. The Hall–Kier alpha value is -1.78. The number of rotatable bonds is 6. The Morgan fingerprint density at radius 3 is 2.45 bits per heavy atom. The number of aliphatic hydroxyl groups is 1. The molecule has 2 aromatic rings. The van der Waals surface area contributed by atoms with Gasteiger partial charge in [-0.3, -0.25) is 0 Å². The molecule has 1 heterocycles. The minimum atomic E-state index is -0.670. The standard InChI is InChI=1S/C16H21NO3/c1-3-19-13-6-4-12(5-7-13)15(10-17)16(18)14-8-9-20-11(14)2/h4-9,15-16,18H,3,10,17H2,1-2H3. The number of furan rings is 1. The first-order valence-corrected chi connectivity index (χ1v) is 6.82. The van der Waals surface area contributed by atoms with Crippen LogP contribution in [0.2, 0.25) is 0 Å². The number of ether oxygens (including phenoxy) is 1. The second-order valence-corrected chi connectivity index (χ2v) is 4.72. The van der Waals surface area contributed by atoms with Crippen molar-refractivity contribution in [2.45, 2.75) is 25.9 Å². The van der Waals surface area contributed by atoms with Gasteiger partial charge in [-0.15, -0.1) is 0 Å². The third kappa shape index (κ3) is 3.03. The summed E-state index contributed by atoms with van der Waals surface area (Å²) in [7, 11) is 0. The third-order valence-corrected chi connectivity index (χ3v) is 3.47. The summed E-state index contributed by atoms with van der Waals surface area (Å²) in [6, 6.07) is 9.48. The average molecular weight is 275 g/mol. The van der Waals surface area contributed by atoms with Crippen molar-refractivity contribution in [2.75, 3.05) is 13.2 Å². The Kier molecular flexibility index (Phi) is 4.82. The van der Waals surface area contributed by atoms with Gasteiger partial charge < -0.3 is 20.0 Å². The fourth-order valence-electron chi connectivity index (χ4n) is 2.34. The van der Waals surface area contributed by atoms with Crippen LogP contribution in [0.15, 0.2) is 41.0 Å². The molecule has 20 heavy (non-hydrogen) atoms. The van der Waals surface area contributed by atoms with E-state index in [0.29, 0.717) is 13.2 Å². The molecule has 108 valence electrons. The van der Waals surface area contributed by atoms with Gasteiger partial charge >= 0.3 is 0 Å². The minimum absolute atomic E-state index is 0.165. The molecular formula is C16H21NO3.